The van der Waals surface area contributed by atoms with Crippen LogP contribution in [0.2, 0.25) is 0 Å². The minimum atomic E-state index is -0.295. The average Bonchev–Trinajstić information content (AvgIpc) is 3.24. The van der Waals surface area contributed by atoms with Gasteiger partial charge in [0.2, 0.25) is 11.7 Å². The lowest BCUT2D eigenvalue weighted by molar-refractivity contribution is 0.131. The summed E-state index contributed by atoms with van der Waals surface area (Å²) in [6, 6.07) is 15.3. The SMILES string of the molecule is O=C(NCc1ccc(F)cc1)N1CCCCC1c1nc(-c2ccccc2)no1. The predicted octanol–water partition coefficient (Wildman–Crippen LogP) is 4.31. The van der Waals surface area contributed by atoms with E-state index in [1.807, 2.05) is 30.3 Å². The fourth-order valence-electron chi connectivity index (χ4n) is 3.39. The highest BCUT2D eigenvalue weighted by molar-refractivity contribution is 5.74. The summed E-state index contributed by atoms with van der Waals surface area (Å²) in [5, 5.41) is 6.98. The molecule has 0 radical (unpaired) electrons. The Morgan fingerprint density at radius 2 is 1.93 bits per heavy atom. The van der Waals surface area contributed by atoms with E-state index in [0.29, 0.717) is 24.8 Å². The van der Waals surface area contributed by atoms with Gasteiger partial charge in [-0.15, -0.1) is 0 Å². The van der Waals surface area contributed by atoms with Crippen molar-refractivity contribution in [3.05, 3.63) is 71.9 Å². The van der Waals surface area contributed by atoms with E-state index in [1.54, 1.807) is 17.0 Å². The van der Waals surface area contributed by atoms with Crippen LogP contribution in [-0.2, 0) is 6.54 Å². The van der Waals surface area contributed by atoms with Crippen molar-refractivity contribution in [3.63, 3.8) is 0 Å². The Morgan fingerprint density at radius 3 is 2.71 bits per heavy atom. The number of nitrogens with zero attached hydrogens (tertiary/aromatic N) is 3. The number of amides is 2. The smallest absolute Gasteiger partial charge is 0.318 e. The third kappa shape index (κ3) is 4.03. The van der Waals surface area contributed by atoms with Crippen LogP contribution >= 0.6 is 0 Å². The summed E-state index contributed by atoms with van der Waals surface area (Å²) in [7, 11) is 0. The number of piperidine rings is 1. The Balaban J connectivity index is 1.46. The average molecular weight is 380 g/mol. The van der Waals surface area contributed by atoms with Gasteiger partial charge in [0, 0.05) is 18.7 Å². The van der Waals surface area contributed by atoms with Crippen LogP contribution in [0.5, 0.6) is 0 Å². The molecule has 1 aromatic heterocycles. The molecule has 0 bridgehead atoms. The van der Waals surface area contributed by atoms with Crippen LogP contribution in [0.3, 0.4) is 0 Å². The molecule has 7 heteroatoms. The van der Waals surface area contributed by atoms with Gasteiger partial charge < -0.3 is 14.7 Å². The number of carbonyl (C=O) groups excluding carboxylic acids is 1. The molecular formula is C21H21FN4O2. The second-order valence-corrected chi connectivity index (χ2v) is 6.81. The van der Waals surface area contributed by atoms with E-state index in [9.17, 15) is 9.18 Å². The lowest BCUT2D eigenvalue weighted by atomic mass is 10.0. The van der Waals surface area contributed by atoms with Gasteiger partial charge in [-0.2, -0.15) is 4.98 Å². The number of aromatic nitrogens is 2. The minimum Gasteiger partial charge on any atom is -0.337 e. The van der Waals surface area contributed by atoms with Crippen LogP contribution in [0, 0.1) is 5.82 Å². The number of halogens is 1. The summed E-state index contributed by atoms with van der Waals surface area (Å²) in [5.41, 5.74) is 1.72. The second-order valence-electron chi connectivity index (χ2n) is 6.81. The molecule has 144 valence electrons. The molecular weight excluding hydrogens is 359 g/mol. The minimum absolute atomic E-state index is 0.187. The molecule has 1 fully saturated rings. The Hall–Kier alpha value is -3.22. The van der Waals surface area contributed by atoms with Crippen molar-refractivity contribution in [1.82, 2.24) is 20.4 Å². The number of rotatable bonds is 4. The third-order valence-corrected chi connectivity index (χ3v) is 4.88. The number of carbonyl (C=O) groups is 1. The van der Waals surface area contributed by atoms with Gasteiger partial charge in [0.15, 0.2) is 0 Å². The highest BCUT2D eigenvalue weighted by atomic mass is 19.1. The van der Waals surface area contributed by atoms with E-state index >= 15 is 0 Å². The van der Waals surface area contributed by atoms with Crippen LogP contribution in [-0.4, -0.2) is 27.6 Å². The van der Waals surface area contributed by atoms with Crippen molar-refractivity contribution >= 4 is 6.03 Å². The quantitative estimate of drug-likeness (QED) is 0.732. The largest absolute Gasteiger partial charge is 0.337 e. The maximum atomic E-state index is 13.0. The first-order chi connectivity index (χ1) is 13.7. The lowest BCUT2D eigenvalue weighted by Gasteiger charge is -2.33. The maximum absolute atomic E-state index is 13.0. The Morgan fingerprint density at radius 1 is 1.14 bits per heavy atom. The number of hydrogen-bond donors (Lipinski definition) is 1. The van der Waals surface area contributed by atoms with Gasteiger partial charge in [0.1, 0.15) is 11.9 Å². The second kappa shape index (κ2) is 8.21. The number of hydrogen-bond acceptors (Lipinski definition) is 4. The summed E-state index contributed by atoms with van der Waals surface area (Å²) in [4.78, 5) is 19.0. The zero-order chi connectivity index (χ0) is 19.3. The van der Waals surface area contributed by atoms with Crippen molar-refractivity contribution < 1.29 is 13.7 Å². The monoisotopic (exact) mass is 380 g/mol. The summed E-state index contributed by atoms with van der Waals surface area (Å²) in [6.07, 6.45) is 2.70. The van der Waals surface area contributed by atoms with Crippen LogP contribution in [0.4, 0.5) is 9.18 Å². The first-order valence-electron chi connectivity index (χ1n) is 9.38. The molecule has 4 rings (SSSR count). The molecule has 2 heterocycles. The van der Waals surface area contributed by atoms with Crippen molar-refractivity contribution in [2.45, 2.75) is 31.8 Å². The molecule has 0 saturated carbocycles. The fourth-order valence-corrected chi connectivity index (χ4v) is 3.39. The first kappa shape index (κ1) is 18.2. The zero-order valence-electron chi connectivity index (χ0n) is 15.3. The summed E-state index contributed by atoms with van der Waals surface area (Å²) in [5.74, 6) is 0.681. The number of nitrogens with one attached hydrogen (secondary N) is 1. The Bertz CT molecular complexity index is 927. The number of likely N-dealkylation sites (tertiary alicyclic amines) is 1. The van der Waals surface area contributed by atoms with Crippen LogP contribution < -0.4 is 5.32 Å². The molecule has 1 saturated heterocycles. The van der Waals surface area contributed by atoms with Crippen molar-refractivity contribution in [3.8, 4) is 11.4 Å². The Labute approximate surface area is 162 Å². The van der Waals surface area contributed by atoms with Crippen LogP contribution in [0.25, 0.3) is 11.4 Å². The van der Waals surface area contributed by atoms with Gasteiger partial charge in [-0.05, 0) is 37.0 Å². The van der Waals surface area contributed by atoms with Gasteiger partial charge in [0.25, 0.3) is 0 Å². The van der Waals surface area contributed by atoms with E-state index < -0.39 is 0 Å². The lowest BCUT2D eigenvalue weighted by Crippen LogP contribution is -2.44. The molecule has 1 unspecified atom stereocenters. The van der Waals surface area contributed by atoms with Gasteiger partial charge in [-0.1, -0.05) is 47.6 Å². The van der Waals surface area contributed by atoms with E-state index in [2.05, 4.69) is 15.5 Å². The first-order valence-corrected chi connectivity index (χ1v) is 9.38. The van der Waals surface area contributed by atoms with Crippen molar-refractivity contribution in [1.29, 1.82) is 0 Å². The molecule has 2 amide bonds. The summed E-state index contributed by atoms with van der Waals surface area (Å²) >= 11 is 0. The summed E-state index contributed by atoms with van der Waals surface area (Å²) in [6.45, 7) is 0.963. The van der Waals surface area contributed by atoms with Crippen molar-refractivity contribution in [2.24, 2.45) is 0 Å². The molecule has 3 aromatic rings. The molecule has 2 aromatic carbocycles. The molecule has 28 heavy (non-hydrogen) atoms. The molecule has 1 atom stereocenters. The van der Waals surface area contributed by atoms with Gasteiger partial charge in [-0.3, -0.25) is 0 Å². The Kier molecular flexibility index (Phi) is 5.32. The van der Waals surface area contributed by atoms with Crippen LogP contribution in [0.15, 0.2) is 59.1 Å². The van der Waals surface area contributed by atoms with E-state index in [4.69, 9.17) is 4.52 Å². The highest BCUT2D eigenvalue weighted by Gasteiger charge is 2.32. The van der Waals surface area contributed by atoms with E-state index in [-0.39, 0.29) is 17.9 Å². The standard InChI is InChI=1S/C21H21FN4O2/c22-17-11-9-15(10-12-17)14-23-21(27)26-13-5-4-8-18(26)20-24-19(25-28-20)16-6-2-1-3-7-16/h1-3,6-7,9-12,18H,4-5,8,13-14H2,(H,23,27). The maximum Gasteiger partial charge on any atom is 0.318 e. The molecule has 1 aliphatic rings. The summed E-state index contributed by atoms with van der Waals surface area (Å²) < 4.78 is 18.5. The molecule has 1 aliphatic heterocycles. The van der Waals surface area contributed by atoms with Gasteiger partial charge >= 0.3 is 6.03 Å². The molecule has 0 aliphatic carbocycles. The molecule has 1 N–H and O–H groups in total. The molecule has 0 spiro atoms. The van der Waals surface area contributed by atoms with E-state index in [1.165, 1.54) is 12.1 Å². The zero-order valence-corrected chi connectivity index (χ0v) is 15.3. The number of benzene rings is 2. The topological polar surface area (TPSA) is 71.3 Å². The van der Waals surface area contributed by atoms with Gasteiger partial charge in [-0.25, -0.2) is 9.18 Å². The van der Waals surface area contributed by atoms with E-state index in [0.717, 1.165) is 30.4 Å². The normalized spacial score (nSPS) is 16.8. The third-order valence-electron chi connectivity index (χ3n) is 4.88. The van der Waals surface area contributed by atoms with Gasteiger partial charge in [0.05, 0.1) is 0 Å². The van der Waals surface area contributed by atoms with Crippen LogP contribution in [0.1, 0.15) is 36.8 Å². The number of urea groups is 1. The fraction of sp³-hybridized carbons (Fsp3) is 0.286. The highest BCUT2D eigenvalue weighted by Crippen LogP contribution is 2.31. The molecule has 6 nitrogen and oxygen atoms in total. The van der Waals surface area contributed by atoms with Crippen molar-refractivity contribution in [2.75, 3.05) is 6.54 Å². The predicted molar refractivity (Wildman–Crippen MR) is 102 cm³/mol.